The molecule has 0 N–H and O–H groups in total. The minimum atomic E-state index is -0.0488. The molecule has 0 atom stereocenters. The molecule has 0 aromatic heterocycles. The van der Waals surface area contributed by atoms with Crippen molar-refractivity contribution in [3.8, 4) is 11.1 Å². The fourth-order valence-corrected chi connectivity index (χ4v) is 5.28. The lowest BCUT2D eigenvalue weighted by Gasteiger charge is -2.37. The van der Waals surface area contributed by atoms with Crippen LogP contribution < -0.4 is 0 Å². The predicted octanol–water partition coefficient (Wildman–Crippen LogP) is 7.45. The molecule has 0 fully saturated rings. The zero-order chi connectivity index (χ0) is 18.2. The monoisotopic (exact) mass is 344 g/mol. The van der Waals surface area contributed by atoms with Crippen molar-refractivity contribution in [2.24, 2.45) is 0 Å². The molecule has 0 saturated heterocycles. The lowest BCUT2D eigenvalue weighted by molar-refractivity contribution is 0.652. The summed E-state index contributed by atoms with van der Waals surface area (Å²) in [5.74, 6) is 0. The van der Waals surface area contributed by atoms with Crippen LogP contribution in [0.2, 0.25) is 0 Å². The third-order valence-electron chi connectivity index (χ3n) is 6.41. The molecule has 27 heavy (non-hydrogen) atoms. The van der Waals surface area contributed by atoms with Gasteiger partial charge in [-0.25, -0.2) is 0 Å². The van der Waals surface area contributed by atoms with Crippen LogP contribution in [0.4, 0.5) is 0 Å². The summed E-state index contributed by atoms with van der Waals surface area (Å²) >= 11 is 0. The molecule has 0 spiro atoms. The minimum absolute atomic E-state index is 0.0488. The summed E-state index contributed by atoms with van der Waals surface area (Å²) in [5, 5.41) is 8.19. The van der Waals surface area contributed by atoms with Crippen molar-refractivity contribution in [3.05, 3.63) is 96.1 Å². The maximum atomic E-state index is 2.39. The van der Waals surface area contributed by atoms with Gasteiger partial charge in [0.2, 0.25) is 0 Å². The van der Waals surface area contributed by atoms with Crippen LogP contribution in [-0.4, -0.2) is 0 Å². The highest BCUT2D eigenvalue weighted by Gasteiger charge is 2.35. The van der Waals surface area contributed by atoms with Crippen molar-refractivity contribution >= 4 is 32.3 Å². The Labute approximate surface area is 159 Å². The fraction of sp³-hybridized carbons (Fsp3) is 0.111. The predicted molar refractivity (Wildman–Crippen MR) is 117 cm³/mol. The Hall–Kier alpha value is -3.12. The first-order valence-corrected chi connectivity index (χ1v) is 9.64. The normalized spacial score (nSPS) is 14.6. The first-order valence-electron chi connectivity index (χ1n) is 9.64. The van der Waals surface area contributed by atoms with Crippen LogP contribution in [0.3, 0.4) is 0 Å². The Bertz CT molecular complexity index is 1380. The molecule has 0 radical (unpaired) electrons. The van der Waals surface area contributed by atoms with Crippen LogP contribution >= 0.6 is 0 Å². The van der Waals surface area contributed by atoms with E-state index in [0.29, 0.717) is 0 Å². The Morgan fingerprint density at radius 2 is 1.15 bits per heavy atom. The van der Waals surface area contributed by atoms with Gasteiger partial charge in [0.05, 0.1) is 0 Å². The second kappa shape index (κ2) is 4.98. The third kappa shape index (κ3) is 1.78. The smallest absolute Gasteiger partial charge is 0.0165 e. The summed E-state index contributed by atoms with van der Waals surface area (Å²) < 4.78 is 0. The van der Waals surface area contributed by atoms with Gasteiger partial charge in [-0.3, -0.25) is 0 Å². The van der Waals surface area contributed by atoms with Gasteiger partial charge in [-0.05, 0) is 54.6 Å². The van der Waals surface area contributed by atoms with Gasteiger partial charge < -0.3 is 0 Å². The van der Waals surface area contributed by atoms with E-state index in [-0.39, 0.29) is 5.41 Å². The molecule has 0 saturated carbocycles. The van der Waals surface area contributed by atoms with E-state index in [1.54, 1.807) is 0 Å². The van der Waals surface area contributed by atoms with Gasteiger partial charge >= 0.3 is 0 Å². The van der Waals surface area contributed by atoms with Crippen LogP contribution in [0.25, 0.3) is 43.4 Å². The Kier molecular flexibility index (Phi) is 2.77. The van der Waals surface area contributed by atoms with Gasteiger partial charge in [-0.15, -0.1) is 0 Å². The summed E-state index contributed by atoms with van der Waals surface area (Å²) in [5.41, 5.74) is 5.64. The lowest BCUT2D eigenvalue weighted by atomic mass is 9.66. The molecule has 128 valence electrons. The first kappa shape index (κ1) is 15.0. The third-order valence-corrected chi connectivity index (χ3v) is 6.41. The van der Waals surface area contributed by atoms with Crippen molar-refractivity contribution in [1.29, 1.82) is 0 Å². The quantitative estimate of drug-likeness (QED) is 0.256. The van der Waals surface area contributed by atoms with Gasteiger partial charge in [-0.1, -0.05) is 98.8 Å². The Morgan fingerprint density at radius 3 is 1.89 bits per heavy atom. The van der Waals surface area contributed by atoms with E-state index in [0.717, 1.165) is 0 Å². The number of hydrogen-bond donors (Lipinski definition) is 0. The molecule has 6 rings (SSSR count). The van der Waals surface area contributed by atoms with Gasteiger partial charge in [0, 0.05) is 5.41 Å². The molecular formula is C27H20. The van der Waals surface area contributed by atoms with Crippen molar-refractivity contribution in [3.63, 3.8) is 0 Å². The SMILES string of the molecule is CC1(C)c2c(c3ccccc3c3ccccc23)-c2cccc3cccc1c23. The summed E-state index contributed by atoms with van der Waals surface area (Å²) in [4.78, 5) is 0. The maximum absolute atomic E-state index is 2.39. The van der Waals surface area contributed by atoms with Crippen molar-refractivity contribution < 1.29 is 0 Å². The highest BCUT2D eigenvalue weighted by atomic mass is 14.4. The van der Waals surface area contributed by atoms with Gasteiger partial charge in [-0.2, -0.15) is 0 Å². The van der Waals surface area contributed by atoms with E-state index < -0.39 is 0 Å². The number of rotatable bonds is 0. The van der Waals surface area contributed by atoms with E-state index in [1.807, 2.05) is 0 Å². The molecular weight excluding hydrogens is 324 g/mol. The molecule has 0 bridgehead atoms. The number of fused-ring (bicyclic) bond motifs is 7. The molecule has 0 unspecified atom stereocenters. The Balaban J connectivity index is 1.99. The molecule has 0 heteroatoms. The minimum Gasteiger partial charge on any atom is -0.0616 e. The molecule has 0 amide bonds. The van der Waals surface area contributed by atoms with Crippen molar-refractivity contribution in [2.75, 3.05) is 0 Å². The van der Waals surface area contributed by atoms with Gasteiger partial charge in [0.15, 0.2) is 0 Å². The number of hydrogen-bond acceptors (Lipinski definition) is 0. The molecule has 5 aromatic carbocycles. The van der Waals surface area contributed by atoms with E-state index in [2.05, 4.69) is 98.8 Å². The molecule has 1 aliphatic rings. The van der Waals surface area contributed by atoms with Gasteiger partial charge in [0.1, 0.15) is 0 Å². The highest BCUT2D eigenvalue weighted by Crippen LogP contribution is 2.53. The summed E-state index contributed by atoms with van der Waals surface area (Å²) in [6.07, 6.45) is 0. The number of benzene rings is 5. The molecule has 1 aliphatic carbocycles. The van der Waals surface area contributed by atoms with Crippen molar-refractivity contribution in [2.45, 2.75) is 19.3 Å². The summed E-state index contributed by atoms with van der Waals surface area (Å²) in [7, 11) is 0. The van der Waals surface area contributed by atoms with Crippen LogP contribution in [-0.2, 0) is 5.41 Å². The van der Waals surface area contributed by atoms with Crippen molar-refractivity contribution in [1.82, 2.24) is 0 Å². The maximum Gasteiger partial charge on any atom is 0.0165 e. The first-order chi connectivity index (χ1) is 13.2. The van der Waals surface area contributed by atoms with E-state index in [9.17, 15) is 0 Å². The van der Waals surface area contributed by atoms with Crippen LogP contribution in [0.15, 0.2) is 84.9 Å². The zero-order valence-corrected chi connectivity index (χ0v) is 15.6. The lowest BCUT2D eigenvalue weighted by Crippen LogP contribution is -2.24. The second-order valence-corrected chi connectivity index (χ2v) is 8.18. The van der Waals surface area contributed by atoms with E-state index in [1.165, 1.54) is 54.6 Å². The molecule has 0 aliphatic heterocycles. The van der Waals surface area contributed by atoms with E-state index in [4.69, 9.17) is 0 Å². The standard InChI is InChI=1S/C27H20/c1-27(2)23-16-8-10-17-9-7-15-22(24(17)23)25-20-13-5-3-11-18(20)19-12-4-6-14-21(19)26(25)27/h3-16H,1-2H3. The van der Waals surface area contributed by atoms with E-state index >= 15 is 0 Å². The van der Waals surface area contributed by atoms with Crippen LogP contribution in [0.5, 0.6) is 0 Å². The molecule has 0 heterocycles. The summed E-state index contributed by atoms with van der Waals surface area (Å²) in [6, 6.07) is 31.3. The Morgan fingerprint density at radius 1 is 0.556 bits per heavy atom. The average Bonchev–Trinajstić information content (AvgIpc) is 2.71. The molecule has 0 nitrogen and oxygen atoms in total. The molecule has 5 aromatic rings. The second-order valence-electron chi connectivity index (χ2n) is 8.18. The highest BCUT2D eigenvalue weighted by molar-refractivity contribution is 6.20. The van der Waals surface area contributed by atoms with Crippen LogP contribution in [0.1, 0.15) is 25.0 Å². The van der Waals surface area contributed by atoms with Gasteiger partial charge in [0.25, 0.3) is 0 Å². The fourth-order valence-electron chi connectivity index (χ4n) is 5.28. The largest absolute Gasteiger partial charge is 0.0616 e. The zero-order valence-electron chi connectivity index (χ0n) is 15.6. The average molecular weight is 344 g/mol. The summed E-state index contributed by atoms with van der Waals surface area (Å²) in [6.45, 7) is 4.77. The topological polar surface area (TPSA) is 0 Å². The van der Waals surface area contributed by atoms with Crippen LogP contribution in [0, 0.1) is 0 Å².